The number of rotatable bonds is 9. The maximum absolute atomic E-state index is 11.9. The molecule has 1 aliphatic heterocycles. The third-order valence-corrected chi connectivity index (χ3v) is 4.21. The number of hydrogen-bond donors (Lipinski definition) is 2. The van der Waals surface area contributed by atoms with Crippen molar-refractivity contribution in [2.45, 2.75) is 25.5 Å². The van der Waals surface area contributed by atoms with Crippen LogP contribution in [0.1, 0.15) is 28.8 Å². The van der Waals surface area contributed by atoms with Crippen molar-refractivity contribution in [3.8, 4) is 5.75 Å². The highest BCUT2D eigenvalue weighted by atomic mass is 127. The molecule has 28 heavy (non-hydrogen) atoms. The predicted octanol–water partition coefficient (Wildman–Crippen LogP) is 1.96. The van der Waals surface area contributed by atoms with E-state index >= 15 is 0 Å². The van der Waals surface area contributed by atoms with E-state index in [9.17, 15) is 4.79 Å². The predicted molar refractivity (Wildman–Crippen MR) is 118 cm³/mol. The molecular formula is C19H30IN3O5. The highest BCUT2D eigenvalue weighted by Crippen LogP contribution is 2.20. The van der Waals surface area contributed by atoms with E-state index in [0.717, 1.165) is 31.6 Å². The minimum Gasteiger partial charge on any atom is -0.496 e. The molecule has 8 nitrogen and oxygen atoms in total. The fourth-order valence-corrected chi connectivity index (χ4v) is 2.71. The Morgan fingerprint density at radius 3 is 2.79 bits per heavy atom. The summed E-state index contributed by atoms with van der Waals surface area (Å²) in [5.41, 5.74) is 1.32. The van der Waals surface area contributed by atoms with Gasteiger partial charge in [0.25, 0.3) is 0 Å². The summed E-state index contributed by atoms with van der Waals surface area (Å²) >= 11 is 0. The fraction of sp³-hybridized carbons (Fsp3) is 0.579. The summed E-state index contributed by atoms with van der Waals surface area (Å²) in [4.78, 5) is 16.1. The minimum absolute atomic E-state index is 0. The fourth-order valence-electron chi connectivity index (χ4n) is 2.71. The van der Waals surface area contributed by atoms with Crippen LogP contribution in [0.4, 0.5) is 0 Å². The van der Waals surface area contributed by atoms with E-state index in [1.165, 1.54) is 14.2 Å². The van der Waals surface area contributed by atoms with E-state index in [0.29, 0.717) is 37.0 Å². The van der Waals surface area contributed by atoms with Crippen LogP contribution in [0.25, 0.3) is 0 Å². The summed E-state index contributed by atoms with van der Waals surface area (Å²) in [5, 5.41) is 6.47. The Labute approximate surface area is 183 Å². The van der Waals surface area contributed by atoms with Gasteiger partial charge in [0.05, 0.1) is 26.9 Å². The second kappa shape index (κ2) is 13.6. The van der Waals surface area contributed by atoms with Gasteiger partial charge in [0.1, 0.15) is 11.3 Å². The third kappa shape index (κ3) is 7.80. The molecule has 1 aromatic rings. The first-order valence-electron chi connectivity index (χ1n) is 9.07. The van der Waals surface area contributed by atoms with Crippen LogP contribution in [0, 0.1) is 0 Å². The van der Waals surface area contributed by atoms with Gasteiger partial charge in [-0.05, 0) is 30.5 Å². The number of nitrogens with one attached hydrogen (secondary N) is 2. The first-order chi connectivity index (χ1) is 13.2. The Morgan fingerprint density at radius 1 is 1.32 bits per heavy atom. The quantitative estimate of drug-likeness (QED) is 0.174. The van der Waals surface area contributed by atoms with E-state index in [1.54, 1.807) is 19.2 Å². The zero-order valence-corrected chi connectivity index (χ0v) is 19.0. The van der Waals surface area contributed by atoms with Crippen LogP contribution >= 0.6 is 24.0 Å². The summed E-state index contributed by atoms with van der Waals surface area (Å²) in [6, 6.07) is 5.40. The molecule has 0 aromatic heterocycles. The van der Waals surface area contributed by atoms with Crippen LogP contribution in [0.3, 0.4) is 0 Å². The van der Waals surface area contributed by atoms with Crippen molar-refractivity contribution in [1.82, 2.24) is 10.6 Å². The largest absolute Gasteiger partial charge is 0.496 e. The molecule has 1 aromatic carbocycles. The molecular weight excluding hydrogens is 477 g/mol. The van der Waals surface area contributed by atoms with Gasteiger partial charge in [-0.3, -0.25) is 4.99 Å². The molecule has 1 atom stereocenters. The van der Waals surface area contributed by atoms with E-state index in [4.69, 9.17) is 18.9 Å². The summed E-state index contributed by atoms with van der Waals surface area (Å²) in [6.07, 6.45) is 2.10. The molecule has 9 heteroatoms. The van der Waals surface area contributed by atoms with Crippen molar-refractivity contribution in [3.05, 3.63) is 29.3 Å². The van der Waals surface area contributed by atoms with Crippen molar-refractivity contribution in [2.24, 2.45) is 4.99 Å². The van der Waals surface area contributed by atoms with Crippen LogP contribution in [0.2, 0.25) is 0 Å². The smallest absolute Gasteiger partial charge is 0.341 e. The zero-order chi connectivity index (χ0) is 19.5. The maximum Gasteiger partial charge on any atom is 0.341 e. The highest BCUT2D eigenvalue weighted by molar-refractivity contribution is 14.0. The molecule has 2 N–H and O–H groups in total. The molecule has 0 bridgehead atoms. The van der Waals surface area contributed by atoms with E-state index < -0.39 is 5.97 Å². The number of halogens is 1. The van der Waals surface area contributed by atoms with Gasteiger partial charge in [-0.25, -0.2) is 4.79 Å². The van der Waals surface area contributed by atoms with Crippen molar-refractivity contribution < 1.29 is 23.7 Å². The van der Waals surface area contributed by atoms with Crippen LogP contribution in [-0.2, 0) is 20.8 Å². The minimum atomic E-state index is -0.427. The average molecular weight is 507 g/mol. The molecule has 0 saturated carbocycles. The molecule has 1 unspecified atom stereocenters. The summed E-state index contributed by atoms with van der Waals surface area (Å²) in [6.45, 7) is 3.46. The highest BCUT2D eigenvalue weighted by Gasteiger charge is 2.15. The molecule has 0 aliphatic carbocycles. The first-order valence-corrected chi connectivity index (χ1v) is 9.07. The van der Waals surface area contributed by atoms with Crippen molar-refractivity contribution in [3.63, 3.8) is 0 Å². The van der Waals surface area contributed by atoms with Crippen LogP contribution in [-0.4, -0.2) is 65.7 Å². The Morgan fingerprint density at radius 2 is 2.14 bits per heavy atom. The standard InChI is InChI=1S/C19H29N3O5.HI/c1-20-19(21-8-4-9-27-15-7-10-26-13-15)22-12-14-5-6-17(24-2)16(11-14)18(23)25-3;/h5-6,11,15H,4,7-10,12-13H2,1-3H3,(H2,20,21,22);1H. The zero-order valence-electron chi connectivity index (χ0n) is 16.7. The van der Waals surface area contributed by atoms with E-state index in [1.807, 2.05) is 6.07 Å². The molecule has 0 spiro atoms. The van der Waals surface area contributed by atoms with E-state index in [2.05, 4.69) is 15.6 Å². The monoisotopic (exact) mass is 507 g/mol. The molecule has 1 saturated heterocycles. The molecule has 1 heterocycles. The van der Waals surface area contributed by atoms with Gasteiger partial charge < -0.3 is 29.6 Å². The number of esters is 1. The second-order valence-corrected chi connectivity index (χ2v) is 6.09. The number of ether oxygens (including phenoxy) is 4. The molecule has 1 aliphatic rings. The molecule has 0 radical (unpaired) electrons. The molecule has 0 amide bonds. The summed E-state index contributed by atoms with van der Waals surface area (Å²) in [5.74, 6) is 0.749. The lowest BCUT2D eigenvalue weighted by Crippen LogP contribution is -2.37. The molecule has 158 valence electrons. The molecule has 2 rings (SSSR count). The first kappa shape index (κ1) is 24.4. The lowest BCUT2D eigenvalue weighted by Gasteiger charge is -2.14. The van der Waals surface area contributed by atoms with Crippen LogP contribution < -0.4 is 15.4 Å². The Bertz CT molecular complexity index is 636. The van der Waals surface area contributed by atoms with Crippen molar-refractivity contribution in [2.75, 3.05) is 47.6 Å². The summed E-state index contributed by atoms with van der Waals surface area (Å²) in [7, 11) is 4.59. The normalized spacial score (nSPS) is 16.2. The van der Waals surface area contributed by atoms with Gasteiger partial charge in [0.2, 0.25) is 0 Å². The number of aliphatic imine (C=N–C) groups is 1. The third-order valence-electron chi connectivity index (χ3n) is 4.21. The Balaban J connectivity index is 0.00000392. The van der Waals surface area contributed by atoms with Gasteiger partial charge >= 0.3 is 5.97 Å². The van der Waals surface area contributed by atoms with Crippen LogP contribution in [0.15, 0.2) is 23.2 Å². The van der Waals surface area contributed by atoms with Gasteiger partial charge in [0, 0.05) is 33.4 Å². The van der Waals surface area contributed by atoms with Crippen molar-refractivity contribution >= 4 is 35.9 Å². The average Bonchev–Trinajstić information content (AvgIpc) is 3.22. The number of nitrogens with zero attached hydrogens (tertiary/aromatic N) is 1. The van der Waals surface area contributed by atoms with E-state index in [-0.39, 0.29) is 30.1 Å². The number of hydrogen-bond acceptors (Lipinski definition) is 6. The molecule has 1 fully saturated rings. The number of guanidine groups is 1. The van der Waals surface area contributed by atoms with Crippen molar-refractivity contribution in [1.29, 1.82) is 0 Å². The second-order valence-electron chi connectivity index (χ2n) is 6.09. The van der Waals surface area contributed by atoms with Gasteiger partial charge in [-0.2, -0.15) is 0 Å². The number of methoxy groups -OCH3 is 2. The van der Waals surface area contributed by atoms with Crippen LogP contribution in [0.5, 0.6) is 5.75 Å². The number of carbonyl (C=O) groups excluding carboxylic acids is 1. The van der Waals surface area contributed by atoms with Gasteiger partial charge in [-0.15, -0.1) is 24.0 Å². The van der Waals surface area contributed by atoms with Gasteiger partial charge in [-0.1, -0.05) is 6.07 Å². The maximum atomic E-state index is 11.9. The van der Waals surface area contributed by atoms with Gasteiger partial charge in [0.15, 0.2) is 5.96 Å². The lowest BCUT2D eigenvalue weighted by molar-refractivity contribution is 0.0420. The number of carbonyl (C=O) groups is 1. The SMILES string of the molecule is CN=C(NCCCOC1CCOC1)NCc1ccc(OC)c(C(=O)OC)c1.I. The number of benzene rings is 1. The summed E-state index contributed by atoms with van der Waals surface area (Å²) < 4.78 is 21.0. The lowest BCUT2D eigenvalue weighted by atomic mass is 10.1. The topological polar surface area (TPSA) is 90.4 Å². The Kier molecular flexibility index (Phi) is 11.8. The Hall–Kier alpha value is -1.59.